The summed E-state index contributed by atoms with van der Waals surface area (Å²) in [5.41, 5.74) is 0.0760. The van der Waals surface area contributed by atoms with Crippen LogP contribution in [0, 0.1) is 6.92 Å². The van der Waals surface area contributed by atoms with Gasteiger partial charge in [-0.05, 0) is 13.8 Å². The molecule has 2 heterocycles. The maximum Gasteiger partial charge on any atom is 0.355 e. The molecule has 17 heavy (non-hydrogen) atoms. The molecule has 0 saturated heterocycles. The average molecular weight is 270 g/mol. The van der Waals surface area contributed by atoms with Gasteiger partial charge in [-0.15, -0.1) is 21.5 Å². The predicted molar refractivity (Wildman–Crippen MR) is 65.8 cm³/mol. The summed E-state index contributed by atoms with van der Waals surface area (Å²) in [5, 5.41) is 23.6. The van der Waals surface area contributed by atoms with Gasteiger partial charge in [0.2, 0.25) is 5.13 Å². The van der Waals surface area contributed by atoms with Crippen molar-refractivity contribution in [2.24, 2.45) is 0 Å². The Kier molecular flexibility index (Phi) is 3.34. The zero-order chi connectivity index (χ0) is 12.4. The summed E-state index contributed by atoms with van der Waals surface area (Å²) in [6, 6.07) is -0.0829. The van der Waals surface area contributed by atoms with Crippen molar-refractivity contribution in [3.63, 3.8) is 0 Å². The molecular weight excluding hydrogens is 260 g/mol. The van der Waals surface area contributed by atoms with Crippen LogP contribution in [0.1, 0.15) is 33.5 Å². The number of aryl methyl sites for hydroxylation is 1. The molecule has 0 saturated carbocycles. The molecule has 8 heteroatoms. The Bertz CT molecular complexity index is 537. The fraction of sp³-hybridized carbons (Fsp3) is 0.333. The molecule has 90 valence electrons. The van der Waals surface area contributed by atoms with Crippen LogP contribution in [0.5, 0.6) is 0 Å². The zero-order valence-corrected chi connectivity index (χ0v) is 10.8. The van der Waals surface area contributed by atoms with Gasteiger partial charge in [-0.3, -0.25) is 0 Å². The molecule has 0 radical (unpaired) electrons. The van der Waals surface area contributed by atoms with E-state index in [0.717, 1.165) is 10.0 Å². The van der Waals surface area contributed by atoms with Crippen LogP contribution in [0.4, 0.5) is 5.13 Å². The van der Waals surface area contributed by atoms with Crippen LogP contribution in [-0.2, 0) is 0 Å². The minimum atomic E-state index is -1.01. The van der Waals surface area contributed by atoms with E-state index in [2.05, 4.69) is 20.5 Å². The lowest BCUT2D eigenvalue weighted by Crippen LogP contribution is -2.07. The van der Waals surface area contributed by atoms with E-state index in [4.69, 9.17) is 5.11 Å². The van der Waals surface area contributed by atoms with Crippen LogP contribution in [0.2, 0.25) is 0 Å². The normalized spacial score (nSPS) is 12.4. The Hall–Kier alpha value is -1.54. The molecule has 0 aliphatic heterocycles. The molecule has 0 aliphatic carbocycles. The third kappa shape index (κ3) is 2.77. The van der Waals surface area contributed by atoms with Crippen LogP contribution in [0.3, 0.4) is 0 Å². The van der Waals surface area contributed by atoms with Crippen molar-refractivity contribution in [1.29, 1.82) is 0 Å². The first-order valence-corrected chi connectivity index (χ1v) is 6.51. The molecule has 6 nitrogen and oxygen atoms in total. The standard InChI is InChI=1S/C9H10N4O2S2/c1-4(10-9-13-12-5(2)17-9)7-11-6(3-16-7)8(14)15/h3-4H,1-2H3,(H,10,13)(H,14,15). The van der Waals surface area contributed by atoms with Crippen molar-refractivity contribution >= 4 is 33.8 Å². The lowest BCUT2D eigenvalue weighted by molar-refractivity contribution is 0.0691. The molecule has 0 fully saturated rings. The highest BCUT2D eigenvalue weighted by Crippen LogP contribution is 2.24. The fourth-order valence-electron chi connectivity index (χ4n) is 1.19. The van der Waals surface area contributed by atoms with Gasteiger partial charge >= 0.3 is 5.97 Å². The number of nitrogens with zero attached hydrogens (tertiary/aromatic N) is 3. The zero-order valence-electron chi connectivity index (χ0n) is 9.17. The van der Waals surface area contributed by atoms with Crippen molar-refractivity contribution in [3.05, 3.63) is 21.1 Å². The van der Waals surface area contributed by atoms with E-state index in [9.17, 15) is 4.79 Å². The van der Waals surface area contributed by atoms with Gasteiger partial charge in [-0.25, -0.2) is 9.78 Å². The molecule has 2 rings (SSSR count). The van der Waals surface area contributed by atoms with E-state index in [1.165, 1.54) is 28.1 Å². The quantitative estimate of drug-likeness (QED) is 0.885. The number of carbonyl (C=O) groups is 1. The monoisotopic (exact) mass is 270 g/mol. The molecule has 2 N–H and O–H groups in total. The first-order valence-electron chi connectivity index (χ1n) is 4.81. The number of carboxylic acids is 1. The van der Waals surface area contributed by atoms with Crippen molar-refractivity contribution in [2.75, 3.05) is 5.32 Å². The van der Waals surface area contributed by atoms with Gasteiger partial charge in [0.25, 0.3) is 0 Å². The second kappa shape index (κ2) is 4.76. The van der Waals surface area contributed by atoms with Crippen molar-refractivity contribution in [3.8, 4) is 0 Å². The van der Waals surface area contributed by atoms with E-state index < -0.39 is 5.97 Å². The van der Waals surface area contributed by atoms with Gasteiger partial charge in [-0.2, -0.15) is 0 Å². The Balaban J connectivity index is 2.08. The van der Waals surface area contributed by atoms with Gasteiger partial charge in [0.1, 0.15) is 10.0 Å². The van der Waals surface area contributed by atoms with Crippen LogP contribution in [-0.4, -0.2) is 26.3 Å². The molecule has 2 aromatic heterocycles. The molecule has 0 amide bonds. The number of aromatic carboxylic acids is 1. The van der Waals surface area contributed by atoms with Crippen LogP contribution >= 0.6 is 22.7 Å². The third-order valence-electron chi connectivity index (χ3n) is 1.98. The van der Waals surface area contributed by atoms with E-state index in [-0.39, 0.29) is 11.7 Å². The van der Waals surface area contributed by atoms with Crippen molar-refractivity contribution in [2.45, 2.75) is 19.9 Å². The van der Waals surface area contributed by atoms with Gasteiger partial charge in [0.05, 0.1) is 6.04 Å². The Morgan fingerprint density at radius 1 is 1.53 bits per heavy atom. The number of thiazole rings is 1. The second-order valence-corrected chi connectivity index (χ2v) is 5.44. The lowest BCUT2D eigenvalue weighted by Gasteiger charge is -2.08. The van der Waals surface area contributed by atoms with Crippen LogP contribution in [0.25, 0.3) is 0 Å². The smallest absolute Gasteiger partial charge is 0.355 e. The van der Waals surface area contributed by atoms with Gasteiger partial charge in [-0.1, -0.05) is 11.3 Å². The number of nitrogens with one attached hydrogen (secondary N) is 1. The fourth-order valence-corrected chi connectivity index (χ4v) is 2.67. The molecule has 0 aromatic carbocycles. The predicted octanol–water partition coefficient (Wildman–Crippen LogP) is 2.17. The number of hydrogen-bond donors (Lipinski definition) is 2. The Labute approximate surface area is 105 Å². The number of anilines is 1. The molecular formula is C9H10N4O2S2. The minimum Gasteiger partial charge on any atom is -0.476 e. The van der Waals surface area contributed by atoms with Crippen molar-refractivity contribution in [1.82, 2.24) is 15.2 Å². The highest BCUT2D eigenvalue weighted by molar-refractivity contribution is 7.15. The summed E-state index contributed by atoms with van der Waals surface area (Å²) in [6.07, 6.45) is 0. The summed E-state index contributed by atoms with van der Waals surface area (Å²) in [4.78, 5) is 14.7. The Morgan fingerprint density at radius 2 is 2.29 bits per heavy atom. The molecule has 1 atom stereocenters. The van der Waals surface area contributed by atoms with Gasteiger partial charge in [0.15, 0.2) is 5.69 Å². The molecule has 1 unspecified atom stereocenters. The topological polar surface area (TPSA) is 88.0 Å². The summed E-state index contributed by atoms with van der Waals surface area (Å²) in [6.45, 7) is 3.78. The lowest BCUT2D eigenvalue weighted by atomic mass is 10.3. The maximum atomic E-state index is 10.7. The minimum absolute atomic E-state index is 0.0760. The Morgan fingerprint density at radius 3 is 2.82 bits per heavy atom. The highest BCUT2D eigenvalue weighted by Gasteiger charge is 2.15. The highest BCUT2D eigenvalue weighted by atomic mass is 32.1. The number of aromatic nitrogens is 3. The largest absolute Gasteiger partial charge is 0.476 e. The average Bonchev–Trinajstić information content (AvgIpc) is 2.86. The third-order valence-corrected chi connectivity index (χ3v) is 3.77. The first-order chi connectivity index (χ1) is 8.06. The van der Waals surface area contributed by atoms with Gasteiger partial charge < -0.3 is 10.4 Å². The first kappa shape index (κ1) is 11.9. The summed E-state index contributed by atoms with van der Waals surface area (Å²) in [5.74, 6) is -1.01. The van der Waals surface area contributed by atoms with E-state index in [1.54, 1.807) is 0 Å². The summed E-state index contributed by atoms with van der Waals surface area (Å²) >= 11 is 2.77. The molecule has 0 bridgehead atoms. The number of carboxylic acid groups (broad SMARTS) is 1. The van der Waals surface area contributed by atoms with E-state index in [1.807, 2.05) is 13.8 Å². The summed E-state index contributed by atoms with van der Waals surface area (Å²) < 4.78 is 0. The molecule has 0 aliphatic rings. The molecule has 2 aromatic rings. The summed E-state index contributed by atoms with van der Waals surface area (Å²) in [7, 11) is 0. The number of rotatable bonds is 4. The van der Waals surface area contributed by atoms with Crippen LogP contribution < -0.4 is 5.32 Å². The number of hydrogen-bond acceptors (Lipinski definition) is 7. The van der Waals surface area contributed by atoms with Crippen molar-refractivity contribution < 1.29 is 9.90 Å². The SMILES string of the molecule is Cc1nnc(NC(C)c2nc(C(=O)O)cs2)s1. The second-order valence-electron chi connectivity index (χ2n) is 3.37. The maximum absolute atomic E-state index is 10.7. The van der Waals surface area contributed by atoms with E-state index >= 15 is 0 Å². The van der Waals surface area contributed by atoms with E-state index in [0.29, 0.717) is 5.13 Å². The molecule has 0 spiro atoms. The van der Waals surface area contributed by atoms with Crippen LogP contribution in [0.15, 0.2) is 5.38 Å². The van der Waals surface area contributed by atoms with Gasteiger partial charge in [0, 0.05) is 5.38 Å².